The molecule has 1 aromatic carbocycles. The number of piperidine rings is 1. The third-order valence-electron chi connectivity index (χ3n) is 10.7. The van der Waals surface area contributed by atoms with Crippen LogP contribution in [-0.4, -0.2) is 52.2 Å². The van der Waals surface area contributed by atoms with Crippen molar-refractivity contribution in [3.05, 3.63) is 75.9 Å². The molecule has 5 atom stereocenters. The number of hydrogen-bond donors (Lipinski definition) is 2. The van der Waals surface area contributed by atoms with Gasteiger partial charge in [-0.2, -0.15) is 0 Å². The van der Waals surface area contributed by atoms with E-state index < -0.39 is 5.41 Å². The average Bonchev–Trinajstić information content (AvgIpc) is 3.82. The van der Waals surface area contributed by atoms with E-state index in [9.17, 15) is 9.59 Å². The molecule has 6 nitrogen and oxygen atoms in total. The Hall–Kier alpha value is -3.29. The Labute approximate surface area is 264 Å². The maximum atomic E-state index is 14.0. The van der Waals surface area contributed by atoms with Gasteiger partial charge < -0.3 is 15.2 Å². The number of thiophene rings is 1. The van der Waals surface area contributed by atoms with Crippen molar-refractivity contribution in [1.82, 2.24) is 20.2 Å². The SMILES string of the molecule is Cc1cc(C)cc(-c2[nH]c3sc(C(C)(C)C(=O)C4C5CCC4NC5)cc3c2C(C)CC(=O)N2CCC(c3ccncc3)C2)c1. The lowest BCUT2D eigenvalue weighted by Crippen LogP contribution is -2.39. The van der Waals surface area contributed by atoms with E-state index >= 15 is 0 Å². The van der Waals surface area contributed by atoms with Gasteiger partial charge in [0.05, 0.1) is 11.1 Å². The summed E-state index contributed by atoms with van der Waals surface area (Å²) >= 11 is 1.71. The van der Waals surface area contributed by atoms with E-state index in [0.717, 1.165) is 65.2 Å². The number of carbonyl (C=O) groups is 2. The second kappa shape index (κ2) is 11.3. The highest BCUT2D eigenvalue weighted by Gasteiger charge is 2.50. The molecule has 1 saturated carbocycles. The van der Waals surface area contributed by atoms with Gasteiger partial charge in [-0.3, -0.25) is 14.6 Å². The summed E-state index contributed by atoms with van der Waals surface area (Å²) in [6.45, 7) is 13.2. The minimum absolute atomic E-state index is 0.0168. The number of aromatic nitrogens is 2. The van der Waals surface area contributed by atoms with Crippen LogP contribution in [0.4, 0.5) is 0 Å². The Kier molecular flexibility index (Phi) is 7.53. The van der Waals surface area contributed by atoms with Gasteiger partial charge in [0, 0.05) is 60.0 Å². The van der Waals surface area contributed by atoms with E-state index in [-0.39, 0.29) is 17.7 Å². The average molecular weight is 609 g/mol. The number of pyridine rings is 1. The van der Waals surface area contributed by atoms with E-state index in [1.54, 1.807) is 11.3 Å². The van der Waals surface area contributed by atoms with Crippen LogP contribution in [-0.2, 0) is 15.0 Å². The fraction of sp³-hybridized carbons (Fsp3) is 0.486. The molecule has 230 valence electrons. The van der Waals surface area contributed by atoms with Gasteiger partial charge >= 0.3 is 0 Å². The molecule has 2 aliphatic heterocycles. The topological polar surface area (TPSA) is 78.1 Å². The molecule has 5 unspecified atom stereocenters. The highest BCUT2D eigenvalue weighted by Crippen LogP contribution is 2.47. The molecular formula is C37H44N4O2S. The van der Waals surface area contributed by atoms with Gasteiger partial charge in [0.25, 0.3) is 0 Å². The first-order chi connectivity index (χ1) is 21.1. The van der Waals surface area contributed by atoms with Gasteiger partial charge in [-0.25, -0.2) is 0 Å². The minimum atomic E-state index is -0.560. The third-order valence-corrected chi connectivity index (χ3v) is 12.1. The van der Waals surface area contributed by atoms with Crippen molar-refractivity contribution in [2.75, 3.05) is 19.6 Å². The number of aryl methyl sites for hydroxylation is 2. The minimum Gasteiger partial charge on any atom is -0.346 e. The summed E-state index contributed by atoms with van der Waals surface area (Å²) in [6, 6.07) is 13.4. The lowest BCUT2D eigenvalue weighted by molar-refractivity contribution is -0.130. The van der Waals surface area contributed by atoms with Crippen LogP contribution in [0.15, 0.2) is 48.8 Å². The number of carbonyl (C=O) groups excluding carboxylic acids is 2. The zero-order valence-electron chi connectivity index (χ0n) is 26.6. The summed E-state index contributed by atoms with van der Waals surface area (Å²) in [7, 11) is 0. The van der Waals surface area contributed by atoms with E-state index in [1.165, 1.54) is 22.3 Å². The number of amides is 1. The monoisotopic (exact) mass is 608 g/mol. The first kappa shape index (κ1) is 29.4. The summed E-state index contributed by atoms with van der Waals surface area (Å²) in [5.41, 5.74) is 6.59. The molecule has 2 saturated heterocycles. The van der Waals surface area contributed by atoms with Crippen molar-refractivity contribution in [1.29, 1.82) is 0 Å². The van der Waals surface area contributed by atoms with Gasteiger partial charge in [-0.1, -0.05) is 24.1 Å². The summed E-state index contributed by atoms with van der Waals surface area (Å²) in [6.07, 6.45) is 7.39. The number of likely N-dealkylation sites (tertiary alicyclic amines) is 1. The van der Waals surface area contributed by atoms with Crippen molar-refractivity contribution in [2.24, 2.45) is 11.8 Å². The Bertz CT molecular complexity index is 1680. The number of benzene rings is 1. The zero-order valence-corrected chi connectivity index (χ0v) is 27.4. The standard InChI is InChI=1S/C37H44N4O2S/c1-21-14-22(2)16-27(15-21)34-32(23(3)17-31(42)41-13-10-26(20-41)24-8-11-38-12-9-24)28-18-30(44-36(28)40-34)37(4,5)35(43)33-25-6-7-29(33)39-19-25/h8-9,11-12,14-16,18,23,25-26,29,33,39-40H,6-7,10,13,17,19-20H2,1-5H3. The van der Waals surface area contributed by atoms with Crippen LogP contribution in [0.25, 0.3) is 21.5 Å². The summed E-state index contributed by atoms with van der Waals surface area (Å²) in [5, 5.41) is 4.74. The van der Waals surface area contributed by atoms with Crippen molar-refractivity contribution in [3.63, 3.8) is 0 Å². The summed E-state index contributed by atoms with van der Waals surface area (Å²) in [4.78, 5) is 40.0. The van der Waals surface area contributed by atoms with Crippen LogP contribution in [0.5, 0.6) is 0 Å². The molecule has 1 amide bonds. The Morgan fingerprint density at radius 2 is 1.82 bits per heavy atom. The van der Waals surface area contributed by atoms with Gasteiger partial charge in [0.1, 0.15) is 10.6 Å². The van der Waals surface area contributed by atoms with E-state index in [0.29, 0.717) is 30.1 Å². The van der Waals surface area contributed by atoms with Crippen LogP contribution in [0.2, 0.25) is 0 Å². The molecule has 7 rings (SSSR count). The second-order valence-electron chi connectivity index (χ2n) is 14.2. The van der Waals surface area contributed by atoms with Crippen molar-refractivity contribution in [2.45, 2.75) is 83.6 Å². The normalized spacial score (nSPS) is 24.0. The molecule has 5 heterocycles. The molecular weight excluding hydrogens is 565 g/mol. The van der Waals surface area contributed by atoms with Gasteiger partial charge in [-0.05, 0) is 112 Å². The molecule has 2 N–H and O–H groups in total. The fourth-order valence-electron chi connectivity index (χ4n) is 8.33. The number of nitrogens with zero attached hydrogens (tertiary/aromatic N) is 2. The van der Waals surface area contributed by atoms with Gasteiger partial charge in [-0.15, -0.1) is 11.3 Å². The van der Waals surface area contributed by atoms with Gasteiger partial charge in [0.2, 0.25) is 5.91 Å². The zero-order chi connectivity index (χ0) is 30.7. The maximum Gasteiger partial charge on any atom is 0.223 e. The maximum absolute atomic E-state index is 14.0. The summed E-state index contributed by atoms with van der Waals surface area (Å²) < 4.78 is 0. The number of ketones is 1. The van der Waals surface area contributed by atoms with E-state index in [2.05, 4.69) is 86.3 Å². The molecule has 0 spiro atoms. The number of nitrogens with one attached hydrogen (secondary N) is 2. The van der Waals surface area contributed by atoms with Crippen LogP contribution in [0.1, 0.15) is 85.4 Å². The van der Waals surface area contributed by atoms with Crippen LogP contribution in [0, 0.1) is 25.7 Å². The highest BCUT2D eigenvalue weighted by atomic mass is 32.1. The second-order valence-corrected chi connectivity index (χ2v) is 15.3. The molecule has 3 aromatic heterocycles. The largest absolute Gasteiger partial charge is 0.346 e. The lowest BCUT2D eigenvalue weighted by Gasteiger charge is -2.27. The molecule has 3 aliphatic rings. The van der Waals surface area contributed by atoms with Crippen molar-refractivity contribution < 1.29 is 9.59 Å². The first-order valence-corrected chi connectivity index (χ1v) is 17.1. The molecule has 2 bridgehead atoms. The number of Topliss-reactive ketones (excluding diaryl/α,β-unsaturated/α-hetero) is 1. The van der Waals surface area contributed by atoms with E-state index in [1.807, 2.05) is 17.3 Å². The molecule has 44 heavy (non-hydrogen) atoms. The van der Waals surface area contributed by atoms with Crippen molar-refractivity contribution >= 4 is 33.2 Å². The number of fused-ring (bicyclic) bond motifs is 3. The number of H-pyrrole nitrogens is 1. The van der Waals surface area contributed by atoms with E-state index in [4.69, 9.17) is 0 Å². The molecule has 3 fully saturated rings. The van der Waals surface area contributed by atoms with Crippen LogP contribution in [0.3, 0.4) is 0 Å². The quantitative estimate of drug-likeness (QED) is 0.221. The molecule has 4 aromatic rings. The highest BCUT2D eigenvalue weighted by molar-refractivity contribution is 7.19. The van der Waals surface area contributed by atoms with Crippen LogP contribution < -0.4 is 5.32 Å². The molecule has 0 radical (unpaired) electrons. The number of hydrogen-bond acceptors (Lipinski definition) is 5. The Morgan fingerprint density at radius 1 is 1.07 bits per heavy atom. The predicted octanol–water partition coefficient (Wildman–Crippen LogP) is 7.26. The molecule has 1 aliphatic carbocycles. The van der Waals surface area contributed by atoms with Crippen molar-refractivity contribution in [3.8, 4) is 11.3 Å². The third kappa shape index (κ3) is 5.12. The number of aromatic amines is 1. The van der Waals surface area contributed by atoms with Crippen LogP contribution >= 0.6 is 11.3 Å². The predicted molar refractivity (Wildman–Crippen MR) is 178 cm³/mol. The van der Waals surface area contributed by atoms with Gasteiger partial charge in [0.15, 0.2) is 0 Å². The number of rotatable bonds is 8. The smallest absolute Gasteiger partial charge is 0.223 e. The first-order valence-electron chi connectivity index (χ1n) is 16.3. The summed E-state index contributed by atoms with van der Waals surface area (Å²) in [5.74, 6) is 1.55. The fourth-order valence-corrected chi connectivity index (χ4v) is 9.51. The Balaban J connectivity index is 1.20. The Morgan fingerprint density at radius 3 is 2.48 bits per heavy atom. The molecule has 7 heteroatoms. The lowest BCUT2D eigenvalue weighted by atomic mass is 9.76.